The SMILES string of the molecule is CCN[C@H](C)CNC(=O)CNS(=O)(=O)CCOCC.Cl. The van der Waals surface area contributed by atoms with Crippen LogP contribution in [0.4, 0.5) is 0 Å². The van der Waals surface area contributed by atoms with Crippen LogP contribution in [0.5, 0.6) is 0 Å². The van der Waals surface area contributed by atoms with Gasteiger partial charge in [0.25, 0.3) is 0 Å². The highest BCUT2D eigenvalue weighted by molar-refractivity contribution is 7.89. The Kier molecular flexibility index (Phi) is 13.5. The van der Waals surface area contributed by atoms with Crippen LogP contribution in [0, 0.1) is 0 Å². The molecule has 3 N–H and O–H groups in total. The third-order valence-corrected chi connectivity index (χ3v) is 3.60. The van der Waals surface area contributed by atoms with Crippen molar-refractivity contribution in [3.05, 3.63) is 0 Å². The zero-order valence-corrected chi connectivity index (χ0v) is 13.9. The van der Waals surface area contributed by atoms with Crippen molar-refractivity contribution in [2.45, 2.75) is 26.8 Å². The van der Waals surface area contributed by atoms with Crippen molar-refractivity contribution in [2.24, 2.45) is 0 Å². The van der Waals surface area contributed by atoms with E-state index >= 15 is 0 Å². The first-order valence-corrected chi connectivity index (χ1v) is 8.11. The number of likely N-dealkylation sites (N-methyl/N-ethyl adjacent to an activating group) is 1. The summed E-state index contributed by atoms with van der Waals surface area (Å²) < 4.78 is 30.1. The number of carbonyl (C=O) groups is 1. The topological polar surface area (TPSA) is 96.5 Å². The van der Waals surface area contributed by atoms with E-state index in [-0.39, 0.29) is 43.3 Å². The first kappa shape index (κ1) is 21.9. The van der Waals surface area contributed by atoms with Crippen molar-refractivity contribution in [3.8, 4) is 0 Å². The number of hydrogen-bond donors (Lipinski definition) is 3. The summed E-state index contributed by atoms with van der Waals surface area (Å²) in [7, 11) is -3.45. The predicted octanol–water partition coefficient (Wildman–Crippen LogP) is -0.522. The van der Waals surface area contributed by atoms with E-state index in [0.717, 1.165) is 6.54 Å². The van der Waals surface area contributed by atoms with Gasteiger partial charge < -0.3 is 15.4 Å². The lowest BCUT2D eigenvalue weighted by atomic mass is 10.3. The van der Waals surface area contributed by atoms with E-state index in [1.54, 1.807) is 6.92 Å². The van der Waals surface area contributed by atoms with Gasteiger partial charge in [0.1, 0.15) is 0 Å². The summed E-state index contributed by atoms with van der Waals surface area (Å²) in [5.41, 5.74) is 0. The van der Waals surface area contributed by atoms with Crippen LogP contribution < -0.4 is 15.4 Å². The molecule has 1 atom stereocenters. The molecule has 122 valence electrons. The van der Waals surface area contributed by atoms with Gasteiger partial charge >= 0.3 is 0 Å². The summed E-state index contributed by atoms with van der Waals surface area (Å²) in [6.07, 6.45) is 0. The number of rotatable bonds is 11. The maximum atomic E-state index is 11.5. The Morgan fingerprint density at radius 3 is 2.50 bits per heavy atom. The zero-order valence-electron chi connectivity index (χ0n) is 12.3. The maximum Gasteiger partial charge on any atom is 0.235 e. The lowest BCUT2D eigenvalue weighted by Gasteiger charge is -2.13. The second-order valence-electron chi connectivity index (χ2n) is 4.10. The number of amides is 1. The monoisotopic (exact) mass is 331 g/mol. The van der Waals surface area contributed by atoms with Crippen molar-refractivity contribution in [1.82, 2.24) is 15.4 Å². The minimum absolute atomic E-state index is 0. The van der Waals surface area contributed by atoms with E-state index in [1.807, 2.05) is 13.8 Å². The fourth-order valence-electron chi connectivity index (χ4n) is 1.31. The van der Waals surface area contributed by atoms with Crippen molar-refractivity contribution < 1.29 is 17.9 Å². The lowest BCUT2D eigenvalue weighted by Crippen LogP contribution is -2.43. The molecule has 0 aromatic heterocycles. The van der Waals surface area contributed by atoms with E-state index in [4.69, 9.17) is 4.74 Å². The Hall–Kier alpha value is -0.410. The van der Waals surface area contributed by atoms with Gasteiger partial charge in [-0.3, -0.25) is 4.79 Å². The van der Waals surface area contributed by atoms with E-state index < -0.39 is 10.0 Å². The molecule has 9 heteroatoms. The van der Waals surface area contributed by atoms with Gasteiger partial charge in [-0.05, 0) is 20.4 Å². The van der Waals surface area contributed by atoms with E-state index in [9.17, 15) is 13.2 Å². The summed E-state index contributed by atoms with van der Waals surface area (Å²) in [4.78, 5) is 11.4. The molecule has 0 aliphatic heterocycles. The first-order chi connectivity index (χ1) is 8.91. The van der Waals surface area contributed by atoms with Crippen molar-refractivity contribution >= 4 is 28.3 Å². The predicted molar refractivity (Wildman–Crippen MR) is 81.7 cm³/mol. The van der Waals surface area contributed by atoms with Crippen LogP contribution in [0.1, 0.15) is 20.8 Å². The molecular weight excluding hydrogens is 306 g/mol. The average Bonchev–Trinajstić information content (AvgIpc) is 2.34. The van der Waals surface area contributed by atoms with Gasteiger partial charge in [-0.15, -0.1) is 12.4 Å². The van der Waals surface area contributed by atoms with Gasteiger partial charge in [0, 0.05) is 19.2 Å². The summed E-state index contributed by atoms with van der Waals surface area (Å²) in [6.45, 7) is 7.35. The third-order valence-electron chi connectivity index (χ3n) is 2.31. The average molecular weight is 332 g/mol. The number of hydrogen-bond acceptors (Lipinski definition) is 5. The Balaban J connectivity index is 0. The van der Waals surface area contributed by atoms with Crippen LogP contribution in [0.25, 0.3) is 0 Å². The Morgan fingerprint density at radius 1 is 1.30 bits per heavy atom. The van der Waals surface area contributed by atoms with Gasteiger partial charge in [0.15, 0.2) is 0 Å². The fourth-order valence-corrected chi connectivity index (χ4v) is 2.14. The highest BCUT2D eigenvalue weighted by atomic mass is 35.5. The minimum Gasteiger partial charge on any atom is -0.381 e. The quantitative estimate of drug-likeness (QED) is 0.443. The summed E-state index contributed by atoms with van der Waals surface area (Å²) >= 11 is 0. The van der Waals surface area contributed by atoms with E-state index in [2.05, 4.69) is 15.4 Å². The molecule has 0 heterocycles. The standard InChI is InChI=1S/C11H25N3O4S.ClH/c1-4-12-10(3)8-13-11(15)9-14-19(16,17)7-6-18-5-2;/h10,12,14H,4-9H2,1-3H3,(H,13,15);1H/t10-;/m1./s1. The minimum atomic E-state index is -3.45. The summed E-state index contributed by atoms with van der Waals surface area (Å²) in [5, 5.41) is 5.79. The van der Waals surface area contributed by atoms with Crippen LogP contribution in [-0.4, -0.2) is 59.0 Å². The van der Waals surface area contributed by atoms with Crippen molar-refractivity contribution in [3.63, 3.8) is 0 Å². The highest BCUT2D eigenvalue weighted by Crippen LogP contribution is 1.85. The fraction of sp³-hybridized carbons (Fsp3) is 0.909. The number of sulfonamides is 1. The summed E-state index contributed by atoms with van der Waals surface area (Å²) in [5.74, 6) is -0.480. The van der Waals surface area contributed by atoms with Crippen molar-refractivity contribution in [1.29, 1.82) is 0 Å². The normalized spacial score (nSPS) is 12.6. The molecule has 0 unspecified atom stereocenters. The Bertz CT molecular complexity index is 352. The molecule has 0 saturated heterocycles. The molecule has 0 fully saturated rings. The number of nitrogens with one attached hydrogen (secondary N) is 3. The molecule has 0 aliphatic rings. The molecule has 20 heavy (non-hydrogen) atoms. The van der Waals surface area contributed by atoms with Crippen LogP contribution in [0.3, 0.4) is 0 Å². The second-order valence-corrected chi connectivity index (χ2v) is 6.03. The van der Waals surface area contributed by atoms with Crippen molar-refractivity contribution in [2.75, 3.05) is 38.6 Å². The molecule has 0 aromatic carbocycles. The number of carbonyl (C=O) groups excluding carboxylic acids is 1. The van der Waals surface area contributed by atoms with E-state index in [0.29, 0.717) is 13.2 Å². The molecule has 0 radical (unpaired) electrons. The van der Waals surface area contributed by atoms with Crippen LogP contribution >= 0.6 is 12.4 Å². The van der Waals surface area contributed by atoms with Gasteiger partial charge in [-0.2, -0.15) is 0 Å². The van der Waals surface area contributed by atoms with Crippen LogP contribution in [-0.2, 0) is 19.6 Å². The Labute approximate surface area is 127 Å². The van der Waals surface area contributed by atoms with Crippen LogP contribution in [0.2, 0.25) is 0 Å². The van der Waals surface area contributed by atoms with Crippen LogP contribution in [0.15, 0.2) is 0 Å². The zero-order chi connectivity index (χ0) is 14.7. The van der Waals surface area contributed by atoms with Gasteiger partial charge in [0.2, 0.25) is 15.9 Å². The second kappa shape index (κ2) is 12.3. The largest absolute Gasteiger partial charge is 0.381 e. The van der Waals surface area contributed by atoms with Gasteiger partial charge in [-0.1, -0.05) is 6.92 Å². The third kappa shape index (κ3) is 12.6. The molecule has 0 rings (SSSR count). The van der Waals surface area contributed by atoms with Gasteiger partial charge in [-0.25, -0.2) is 13.1 Å². The molecule has 0 bridgehead atoms. The smallest absolute Gasteiger partial charge is 0.235 e. The van der Waals surface area contributed by atoms with Gasteiger partial charge in [0.05, 0.1) is 18.9 Å². The molecular formula is C11H26ClN3O4S. The lowest BCUT2D eigenvalue weighted by molar-refractivity contribution is -0.120. The first-order valence-electron chi connectivity index (χ1n) is 6.46. The molecule has 0 saturated carbocycles. The molecule has 1 amide bonds. The maximum absolute atomic E-state index is 11.5. The Morgan fingerprint density at radius 2 is 1.95 bits per heavy atom. The highest BCUT2D eigenvalue weighted by Gasteiger charge is 2.12. The number of halogens is 1. The molecule has 0 aromatic rings. The number of ether oxygens (including phenoxy) is 1. The molecule has 7 nitrogen and oxygen atoms in total. The molecule has 0 aliphatic carbocycles. The van der Waals surface area contributed by atoms with E-state index in [1.165, 1.54) is 0 Å². The molecule has 0 spiro atoms. The summed E-state index contributed by atoms with van der Waals surface area (Å²) in [6, 6.07) is 0.156.